The summed E-state index contributed by atoms with van der Waals surface area (Å²) >= 11 is 1.32. The van der Waals surface area contributed by atoms with Gasteiger partial charge in [0, 0.05) is 28.6 Å². The van der Waals surface area contributed by atoms with E-state index in [4.69, 9.17) is 4.74 Å². The molecule has 1 N–H and O–H groups in total. The van der Waals surface area contributed by atoms with Gasteiger partial charge < -0.3 is 9.72 Å². The number of aromatic nitrogens is 2. The van der Waals surface area contributed by atoms with Crippen molar-refractivity contribution in [1.82, 2.24) is 9.97 Å². The summed E-state index contributed by atoms with van der Waals surface area (Å²) in [6, 6.07) is 15.4. The van der Waals surface area contributed by atoms with Crippen molar-refractivity contribution in [2.24, 2.45) is 0 Å². The first-order chi connectivity index (χ1) is 15.5. The molecule has 0 spiro atoms. The first-order valence-electron chi connectivity index (χ1n) is 10.2. The number of carbonyl (C=O) groups excluding carboxylic acids is 1. The molecule has 5 nitrogen and oxygen atoms in total. The number of halogens is 1. The molecular weight excluding hydrogens is 427 g/mol. The minimum absolute atomic E-state index is 0.000109. The summed E-state index contributed by atoms with van der Waals surface area (Å²) in [5, 5.41) is 2.35. The van der Waals surface area contributed by atoms with Crippen LogP contribution in [0, 0.1) is 5.82 Å². The zero-order valence-corrected chi connectivity index (χ0v) is 18.0. The Balaban J connectivity index is 1.46. The average Bonchev–Trinajstić information content (AvgIpc) is 3.29. The molecule has 0 saturated heterocycles. The molecule has 1 aliphatic rings. The fourth-order valence-corrected chi connectivity index (χ4v) is 4.89. The second-order valence-corrected chi connectivity index (χ2v) is 8.61. The highest BCUT2D eigenvalue weighted by molar-refractivity contribution is 7.13. The fourth-order valence-electron chi connectivity index (χ4n) is 4.05. The van der Waals surface area contributed by atoms with Crippen molar-refractivity contribution in [1.29, 1.82) is 0 Å². The third-order valence-corrected chi connectivity index (χ3v) is 6.64. The highest BCUT2D eigenvalue weighted by atomic mass is 32.1. The largest absolute Gasteiger partial charge is 0.497 e. The number of methoxy groups -OCH3 is 1. The molecule has 2 aromatic carbocycles. The van der Waals surface area contributed by atoms with Gasteiger partial charge in [0.2, 0.25) is 0 Å². The summed E-state index contributed by atoms with van der Waals surface area (Å²) in [6.45, 7) is 0. The van der Waals surface area contributed by atoms with Crippen LogP contribution in [-0.2, 0) is 6.42 Å². The molecule has 32 heavy (non-hydrogen) atoms. The second kappa shape index (κ2) is 8.16. The zero-order chi connectivity index (χ0) is 22.2. The smallest absolute Gasteiger partial charge is 0.258 e. The van der Waals surface area contributed by atoms with E-state index in [0.29, 0.717) is 40.4 Å². The van der Waals surface area contributed by atoms with Gasteiger partial charge in [-0.25, -0.2) is 9.37 Å². The van der Waals surface area contributed by atoms with E-state index in [0.717, 1.165) is 16.9 Å². The highest BCUT2D eigenvalue weighted by Gasteiger charge is 2.28. The van der Waals surface area contributed by atoms with Crippen molar-refractivity contribution in [3.63, 3.8) is 0 Å². The molecule has 1 aliphatic carbocycles. The molecule has 0 fully saturated rings. The number of nitrogens with one attached hydrogen (secondary N) is 1. The molecule has 1 atom stereocenters. The maximum absolute atomic E-state index is 13.2. The van der Waals surface area contributed by atoms with E-state index in [-0.39, 0.29) is 23.1 Å². The molecule has 0 aliphatic heterocycles. The molecule has 160 valence electrons. The first-order valence-corrected chi connectivity index (χ1v) is 11.0. The molecule has 0 radical (unpaired) electrons. The standard InChI is InChI=1S/C25H19FN2O3S/c1-31-18-8-4-14(5-9-18)16-10-21-19(23(29)11-16)12-20(24(30)27-21)25-28-22(13-32-25)15-2-6-17(26)7-3-15/h2-9,12-13,16H,10-11H2,1H3,(H,27,30). The molecule has 5 rings (SSSR count). The maximum Gasteiger partial charge on any atom is 0.258 e. The number of pyridine rings is 1. The Labute approximate surface area is 187 Å². The van der Waals surface area contributed by atoms with Crippen molar-refractivity contribution in [3.8, 4) is 27.6 Å². The Bertz CT molecular complexity index is 1360. The number of ether oxygens (including phenoxy) is 1. The number of hydrogen-bond acceptors (Lipinski definition) is 5. The third kappa shape index (κ3) is 3.76. The van der Waals surface area contributed by atoms with Crippen LogP contribution >= 0.6 is 11.3 Å². The molecule has 2 aromatic heterocycles. The molecule has 7 heteroatoms. The number of carbonyl (C=O) groups is 1. The van der Waals surface area contributed by atoms with Crippen LogP contribution in [0.2, 0.25) is 0 Å². The lowest BCUT2D eigenvalue weighted by molar-refractivity contribution is 0.0963. The summed E-state index contributed by atoms with van der Waals surface area (Å²) in [5.74, 6) is 0.451. The summed E-state index contributed by atoms with van der Waals surface area (Å²) in [4.78, 5) is 33.3. The predicted molar refractivity (Wildman–Crippen MR) is 122 cm³/mol. The van der Waals surface area contributed by atoms with Gasteiger partial charge in [0.15, 0.2) is 5.78 Å². The lowest BCUT2D eigenvalue weighted by Crippen LogP contribution is -2.24. The Morgan fingerprint density at radius 3 is 2.50 bits per heavy atom. The molecule has 0 saturated carbocycles. The van der Waals surface area contributed by atoms with Gasteiger partial charge in [0.25, 0.3) is 5.56 Å². The number of rotatable bonds is 4. The summed E-state index contributed by atoms with van der Waals surface area (Å²) < 4.78 is 18.4. The van der Waals surface area contributed by atoms with Crippen LogP contribution in [0.25, 0.3) is 21.8 Å². The number of nitrogens with zero attached hydrogens (tertiary/aromatic N) is 1. The normalized spacial score (nSPS) is 15.4. The van der Waals surface area contributed by atoms with E-state index in [2.05, 4.69) is 9.97 Å². The molecule has 4 aromatic rings. The minimum Gasteiger partial charge on any atom is -0.497 e. The van der Waals surface area contributed by atoms with Crippen molar-refractivity contribution >= 4 is 17.1 Å². The Morgan fingerprint density at radius 1 is 1.03 bits per heavy atom. The topological polar surface area (TPSA) is 72.0 Å². The first kappa shape index (κ1) is 20.3. The molecule has 1 unspecified atom stereocenters. The van der Waals surface area contributed by atoms with Crippen LogP contribution in [0.4, 0.5) is 4.39 Å². The van der Waals surface area contributed by atoms with Crippen LogP contribution in [0.3, 0.4) is 0 Å². The number of ketones is 1. The number of aromatic amines is 1. The number of thiazole rings is 1. The number of fused-ring (bicyclic) bond motifs is 1. The van der Waals surface area contributed by atoms with E-state index >= 15 is 0 Å². The van der Waals surface area contributed by atoms with Crippen LogP contribution < -0.4 is 10.3 Å². The van der Waals surface area contributed by atoms with Crippen molar-refractivity contribution in [3.05, 3.63) is 93.0 Å². The second-order valence-electron chi connectivity index (χ2n) is 7.75. The fraction of sp³-hybridized carbons (Fsp3) is 0.160. The zero-order valence-electron chi connectivity index (χ0n) is 17.2. The lowest BCUT2D eigenvalue weighted by atomic mass is 9.81. The quantitative estimate of drug-likeness (QED) is 0.466. The number of Topliss-reactive ketones (excluding diaryl/α,β-unsaturated/α-hetero) is 1. The minimum atomic E-state index is -0.318. The van der Waals surface area contributed by atoms with Crippen molar-refractivity contribution in [2.75, 3.05) is 7.11 Å². The van der Waals surface area contributed by atoms with Crippen LogP contribution in [0.15, 0.2) is 64.8 Å². The Morgan fingerprint density at radius 2 is 1.78 bits per heavy atom. The number of benzene rings is 2. The molecular formula is C25H19FN2O3S. The maximum atomic E-state index is 13.2. The number of hydrogen-bond donors (Lipinski definition) is 1. The Hall–Kier alpha value is -3.58. The van der Waals surface area contributed by atoms with Gasteiger partial charge in [-0.15, -0.1) is 11.3 Å². The van der Waals surface area contributed by atoms with Crippen LogP contribution in [0.5, 0.6) is 5.75 Å². The predicted octanol–water partition coefficient (Wildman–Crippen LogP) is 5.23. The van der Waals surface area contributed by atoms with Crippen molar-refractivity contribution < 1.29 is 13.9 Å². The van der Waals surface area contributed by atoms with Crippen LogP contribution in [-0.4, -0.2) is 22.9 Å². The van der Waals surface area contributed by atoms with Gasteiger partial charge in [-0.1, -0.05) is 12.1 Å². The van der Waals surface area contributed by atoms with Gasteiger partial charge >= 0.3 is 0 Å². The molecule has 0 amide bonds. The lowest BCUT2D eigenvalue weighted by Gasteiger charge is -2.24. The van der Waals surface area contributed by atoms with Crippen LogP contribution in [0.1, 0.15) is 34.0 Å². The summed E-state index contributed by atoms with van der Waals surface area (Å²) in [7, 11) is 1.61. The van der Waals surface area contributed by atoms with E-state index in [9.17, 15) is 14.0 Å². The van der Waals surface area contributed by atoms with E-state index in [1.54, 1.807) is 25.3 Å². The average molecular weight is 447 g/mol. The SMILES string of the molecule is COc1ccc(C2CC(=O)c3cc(-c4nc(-c5ccc(F)cc5)cs4)c(=O)[nH]c3C2)cc1. The van der Waals surface area contributed by atoms with Gasteiger partial charge in [-0.3, -0.25) is 9.59 Å². The summed E-state index contributed by atoms with van der Waals surface area (Å²) in [5.41, 5.74) is 3.77. The van der Waals surface area contributed by atoms with Crippen molar-refractivity contribution in [2.45, 2.75) is 18.8 Å². The Kier molecular flexibility index (Phi) is 5.19. The van der Waals surface area contributed by atoms with E-state index in [1.807, 2.05) is 29.6 Å². The monoisotopic (exact) mass is 446 g/mol. The third-order valence-electron chi connectivity index (χ3n) is 5.77. The van der Waals surface area contributed by atoms with Gasteiger partial charge in [-0.05, 0) is 60.4 Å². The highest BCUT2D eigenvalue weighted by Crippen LogP contribution is 2.34. The van der Waals surface area contributed by atoms with E-state index in [1.165, 1.54) is 23.5 Å². The number of H-pyrrole nitrogens is 1. The molecule has 2 heterocycles. The van der Waals surface area contributed by atoms with E-state index < -0.39 is 0 Å². The summed E-state index contributed by atoms with van der Waals surface area (Å²) in [6.07, 6.45) is 0.963. The van der Waals surface area contributed by atoms with Gasteiger partial charge in [0.1, 0.15) is 16.6 Å². The van der Waals surface area contributed by atoms with Gasteiger partial charge in [-0.2, -0.15) is 0 Å². The molecule has 0 bridgehead atoms. The van der Waals surface area contributed by atoms with Gasteiger partial charge in [0.05, 0.1) is 18.4 Å².